The van der Waals surface area contributed by atoms with Gasteiger partial charge in [-0.25, -0.2) is 0 Å². The van der Waals surface area contributed by atoms with E-state index in [4.69, 9.17) is 9.47 Å². The summed E-state index contributed by atoms with van der Waals surface area (Å²) >= 11 is 1.19. The fraction of sp³-hybridized carbons (Fsp3) is 0.385. The van der Waals surface area contributed by atoms with E-state index in [1.54, 1.807) is 20.4 Å². The molecule has 6 heteroatoms. The monoisotopic (exact) mass is 279 g/mol. The van der Waals surface area contributed by atoms with Gasteiger partial charge in [-0.05, 0) is 18.7 Å². The van der Waals surface area contributed by atoms with Gasteiger partial charge in [0.1, 0.15) is 11.5 Å². The maximum absolute atomic E-state index is 5.45. The molecule has 0 spiro atoms. The van der Waals surface area contributed by atoms with Gasteiger partial charge in [-0.1, -0.05) is 13.0 Å². The Kier molecular flexibility index (Phi) is 4.70. The summed E-state index contributed by atoms with van der Waals surface area (Å²) in [5, 5.41) is 3.39. The van der Waals surface area contributed by atoms with Crippen LogP contribution in [0, 0.1) is 0 Å². The molecule has 1 atom stereocenters. The Labute approximate surface area is 116 Å². The van der Waals surface area contributed by atoms with Crippen LogP contribution in [0.5, 0.6) is 11.5 Å². The number of methoxy groups -OCH3 is 2. The number of nitrogens with one attached hydrogen (secondary N) is 1. The van der Waals surface area contributed by atoms with Gasteiger partial charge in [0.2, 0.25) is 0 Å². The first-order chi connectivity index (χ1) is 9.31. The molecule has 1 aromatic carbocycles. The van der Waals surface area contributed by atoms with Crippen LogP contribution in [0.1, 0.15) is 24.2 Å². The lowest BCUT2D eigenvalue weighted by Crippen LogP contribution is -2.23. The summed E-state index contributed by atoms with van der Waals surface area (Å²) in [5.74, 6) is 1.55. The van der Waals surface area contributed by atoms with Crippen molar-refractivity contribution >= 4 is 11.7 Å². The van der Waals surface area contributed by atoms with Crippen LogP contribution in [0.2, 0.25) is 0 Å². The molecule has 102 valence electrons. The third-order valence-corrected chi connectivity index (χ3v) is 3.33. The summed E-state index contributed by atoms with van der Waals surface area (Å²) in [6, 6.07) is 5.66. The van der Waals surface area contributed by atoms with Crippen molar-refractivity contribution in [1.29, 1.82) is 0 Å². The van der Waals surface area contributed by atoms with Crippen molar-refractivity contribution in [3.05, 3.63) is 35.7 Å². The summed E-state index contributed by atoms with van der Waals surface area (Å²) in [5.41, 5.74) is 1.82. The molecule has 1 unspecified atom stereocenters. The second kappa shape index (κ2) is 6.49. The largest absolute Gasteiger partial charge is 0.496 e. The fourth-order valence-electron chi connectivity index (χ4n) is 2.02. The highest BCUT2D eigenvalue weighted by Gasteiger charge is 2.23. The molecule has 0 bridgehead atoms. The summed E-state index contributed by atoms with van der Waals surface area (Å²) in [6.45, 7) is 2.86. The van der Waals surface area contributed by atoms with Gasteiger partial charge < -0.3 is 14.8 Å². The Bertz CT molecular complexity index is 494. The zero-order valence-corrected chi connectivity index (χ0v) is 12.0. The molecule has 0 saturated carbocycles. The lowest BCUT2D eigenvalue weighted by molar-refractivity contribution is 0.377. The second-order valence-electron chi connectivity index (χ2n) is 3.90. The van der Waals surface area contributed by atoms with Gasteiger partial charge in [0, 0.05) is 0 Å². The smallest absolute Gasteiger partial charge is 0.127 e. The van der Waals surface area contributed by atoms with E-state index in [0.717, 1.165) is 29.3 Å². The van der Waals surface area contributed by atoms with Crippen molar-refractivity contribution < 1.29 is 9.47 Å². The van der Waals surface area contributed by atoms with Crippen LogP contribution >= 0.6 is 11.7 Å². The number of benzene rings is 1. The molecule has 0 radical (unpaired) electrons. The molecule has 2 aromatic rings. The topological polar surface area (TPSA) is 56.3 Å². The molecular weight excluding hydrogens is 262 g/mol. The highest BCUT2D eigenvalue weighted by atomic mass is 32.1. The van der Waals surface area contributed by atoms with E-state index in [1.807, 2.05) is 18.2 Å². The number of hydrogen-bond acceptors (Lipinski definition) is 6. The van der Waals surface area contributed by atoms with Crippen molar-refractivity contribution in [3.63, 3.8) is 0 Å². The van der Waals surface area contributed by atoms with E-state index >= 15 is 0 Å². The molecule has 1 aromatic heterocycles. The molecule has 0 aliphatic carbocycles. The molecular formula is C13H17N3O2S. The Morgan fingerprint density at radius 2 is 1.95 bits per heavy atom. The molecule has 0 aliphatic heterocycles. The minimum absolute atomic E-state index is 0.0881. The molecule has 19 heavy (non-hydrogen) atoms. The lowest BCUT2D eigenvalue weighted by atomic mass is 10.0. The van der Waals surface area contributed by atoms with Gasteiger partial charge in [-0.2, -0.15) is 8.75 Å². The minimum atomic E-state index is -0.0881. The minimum Gasteiger partial charge on any atom is -0.496 e. The summed E-state index contributed by atoms with van der Waals surface area (Å²) in [6.07, 6.45) is 1.77. The third-order valence-electron chi connectivity index (χ3n) is 2.84. The van der Waals surface area contributed by atoms with Crippen LogP contribution in [-0.2, 0) is 0 Å². The predicted octanol–water partition coefficient (Wildman–Crippen LogP) is 2.25. The van der Waals surface area contributed by atoms with Crippen molar-refractivity contribution in [2.24, 2.45) is 0 Å². The van der Waals surface area contributed by atoms with Crippen LogP contribution in [0.15, 0.2) is 24.4 Å². The van der Waals surface area contributed by atoms with E-state index < -0.39 is 0 Å². The second-order valence-corrected chi connectivity index (χ2v) is 4.46. The number of aromatic nitrogens is 2. The maximum Gasteiger partial charge on any atom is 0.127 e. The predicted molar refractivity (Wildman–Crippen MR) is 75.0 cm³/mol. The van der Waals surface area contributed by atoms with Crippen LogP contribution in [0.4, 0.5) is 0 Å². The lowest BCUT2D eigenvalue weighted by Gasteiger charge is -2.21. The van der Waals surface area contributed by atoms with Crippen molar-refractivity contribution in [2.45, 2.75) is 13.0 Å². The van der Waals surface area contributed by atoms with Crippen LogP contribution in [-0.4, -0.2) is 29.5 Å². The molecule has 2 rings (SSSR count). The van der Waals surface area contributed by atoms with Crippen LogP contribution < -0.4 is 14.8 Å². The molecule has 1 heterocycles. The van der Waals surface area contributed by atoms with E-state index in [-0.39, 0.29) is 6.04 Å². The number of ether oxygens (including phenoxy) is 2. The van der Waals surface area contributed by atoms with Gasteiger partial charge >= 0.3 is 0 Å². The highest BCUT2D eigenvalue weighted by molar-refractivity contribution is 6.99. The summed E-state index contributed by atoms with van der Waals surface area (Å²) in [4.78, 5) is 0. The normalized spacial score (nSPS) is 12.2. The zero-order chi connectivity index (χ0) is 13.7. The van der Waals surface area contributed by atoms with Crippen molar-refractivity contribution in [3.8, 4) is 11.5 Å². The van der Waals surface area contributed by atoms with E-state index in [9.17, 15) is 0 Å². The van der Waals surface area contributed by atoms with Gasteiger partial charge in [0.05, 0.1) is 49.4 Å². The third kappa shape index (κ3) is 2.85. The fourth-order valence-corrected chi connectivity index (χ4v) is 2.47. The number of rotatable bonds is 6. The molecule has 0 fully saturated rings. The van der Waals surface area contributed by atoms with E-state index in [2.05, 4.69) is 21.0 Å². The maximum atomic E-state index is 5.45. The van der Waals surface area contributed by atoms with Crippen molar-refractivity contribution in [1.82, 2.24) is 14.1 Å². The number of hydrogen-bond donors (Lipinski definition) is 1. The Balaban J connectivity index is 2.52. The summed E-state index contributed by atoms with van der Waals surface area (Å²) < 4.78 is 19.3. The summed E-state index contributed by atoms with van der Waals surface area (Å²) in [7, 11) is 3.31. The average molecular weight is 279 g/mol. The molecule has 0 saturated heterocycles. The van der Waals surface area contributed by atoms with Gasteiger partial charge in [-0.3, -0.25) is 0 Å². The van der Waals surface area contributed by atoms with Crippen molar-refractivity contribution in [2.75, 3.05) is 20.8 Å². The highest BCUT2D eigenvalue weighted by Crippen LogP contribution is 2.36. The molecule has 1 N–H and O–H groups in total. The Morgan fingerprint density at radius 3 is 2.42 bits per heavy atom. The SMILES string of the molecule is CCNC(c1cnsn1)c1c(OC)cccc1OC. The molecule has 0 amide bonds. The standard InChI is InChI=1S/C13H17N3O2S/c1-4-14-13(9-8-15-19-16-9)12-10(17-2)6-5-7-11(12)18-3/h5-8,13-14H,4H2,1-3H3. The Morgan fingerprint density at radius 1 is 1.26 bits per heavy atom. The average Bonchev–Trinajstić information content (AvgIpc) is 2.98. The van der Waals surface area contributed by atoms with E-state index in [0.29, 0.717) is 0 Å². The quantitative estimate of drug-likeness (QED) is 0.879. The first-order valence-corrected chi connectivity index (χ1v) is 6.76. The van der Waals surface area contributed by atoms with E-state index in [1.165, 1.54) is 11.7 Å². The first-order valence-electron chi connectivity index (χ1n) is 6.03. The Hall–Kier alpha value is -1.66. The molecule has 5 nitrogen and oxygen atoms in total. The zero-order valence-electron chi connectivity index (χ0n) is 11.2. The van der Waals surface area contributed by atoms with Crippen LogP contribution in [0.25, 0.3) is 0 Å². The van der Waals surface area contributed by atoms with Gasteiger partial charge in [0.25, 0.3) is 0 Å². The van der Waals surface area contributed by atoms with Crippen LogP contribution in [0.3, 0.4) is 0 Å². The van der Waals surface area contributed by atoms with Gasteiger partial charge in [-0.15, -0.1) is 0 Å². The first kappa shape index (κ1) is 13.8. The molecule has 0 aliphatic rings. The van der Waals surface area contributed by atoms with Gasteiger partial charge in [0.15, 0.2) is 0 Å². The number of nitrogens with zero attached hydrogens (tertiary/aromatic N) is 2.